The third-order valence-corrected chi connectivity index (χ3v) is 5.64. The number of carbonyl (C=O) groups is 2. The Balaban J connectivity index is 1.91. The predicted octanol–water partition coefficient (Wildman–Crippen LogP) is 4.62. The zero-order valence-corrected chi connectivity index (χ0v) is 18.8. The quantitative estimate of drug-likeness (QED) is 0.643. The van der Waals surface area contributed by atoms with Crippen molar-refractivity contribution in [1.82, 2.24) is 5.32 Å². The number of hydrogen-bond donors (Lipinski definition) is 1. The van der Waals surface area contributed by atoms with Crippen LogP contribution in [0, 0.1) is 0 Å². The van der Waals surface area contributed by atoms with E-state index in [1.807, 2.05) is 63.2 Å². The molecule has 2 aromatic carbocycles. The van der Waals surface area contributed by atoms with Crippen LogP contribution >= 0.6 is 0 Å². The SMILES string of the molecule is CCOC(=O)C1=C(C)NC2=C(C(=O)c3ccccc32)[C@@H]1c1ccc(OCC)c(OCC)c1. The largest absolute Gasteiger partial charge is 0.490 e. The predicted molar refractivity (Wildman–Crippen MR) is 122 cm³/mol. The molecule has 0 amide bonds. The number of benzene rings is 2. The van der Waals surface area contributed by atoms with Gasteiger partial charge >= 0.3 is 5.97 Å². The Hall–Kier alpha value is -3.54. The average Bonchev–Trinajstić information content (AvgIpc) is 3.06. The lowest BCUT2D eigenvalue weighted by molar-refractivity contribution is -0.138. The van der Waals surface area contributed by atoms with Crippen molar-refractivity contribution < 1.29 is 23.8 Å². The van der Waals surface area contributed by atoms with Gasteiger partial charge in [-0.15, -0.1) is 0 Å². The first-order valence-electron chi connectivity index (χ1n) is 10.9. The highest BCUT2D eigenvalue weighted by molar-refractivity contribution is 6.23. The minimum atomic E-state index is -0.583. The zero-order valence-electron chi connectivity index (χ0n) is 18.8. The van der Waals surface area contributed by atoms with Crippen molar-refractivity contribution in [3.8, 4) is 11.5 Å². The van der Waals surface area contributed by atoms with Gasteiger partial charge in [0, 0.05) is 28.3 Å². The van der Waals surface area contributed by atoms with Crippen LogP contribution in [0.1, 0.15) is 55.1 Å². The second-order valence-electron chi connectivity index (χ2n) is 7.55. The zero-order chi connectivity index (χ0) is 22.8. The number of fused-ring (bicyclic) bond motifs is 2. The lowest BCUT2D eigenvalue weighted by atomic mass is 9.79. The molecule has 1 heterocycles. The van der Waals surface area contributed by atoms with Crippen molar-refractivity contribution in [3.05, 3.63) is 76.0 Å². The van der Waals surface area contributed by atoms with Gasteiger partial charge in [-0.25, -0.2) is 4.79 Å². The minimum absolute atomic E-state index is 0.0887. The lowest BCUT2D eigenvalue weighted by Gasteiger charge is -2.29. The molecule has 1 aliphatic heterocycles. The first kappa shape index (κ1) is 21.7. The van der Waals surface area contributed by atoms with Gasteiger partial charge in [0.15, 0.2) is 17.3 Å². The summed E-state index contributed by atoms with van der Waals surface area (Å²) in [7, 11) is 0. The molecule has 32 heavy (non-hydrogen) atoms. The maximum atomic E-state index is 13.5. The molecule has 6 nitrogen and oxygen atoms in total. The number of carbonyl (C=O) groups excluding carboxylic acids is 2. The van der Waals surface area contributed by atoms with Crippen LogP contribution in [0.4, 0.5) is 0 Å². The highest BCUT2D eigenvalue weighted by atomic mass is 16.5. The molecule has 0 unspecified atom stereocenters. The van der Waals surface area contributed by atoms with Crippen LogP contribution < -0.4 is 14.8 Å². The van der Waals surface area contributed by atoms with Gasteiger partial charge in [0.25, 0.3) is 0 Å². The van der Waals surface area contributed by atoms with E-state index in [0.29, 0.717) is 47.1 Å². The van der Waals surface area contributed by atoms with Crippen LogP contribution in [0.3, 0.4) is 0 Å². The summed E-state index contributed by atoms with van der Waals surface area (Å²) >= 11 is 0. The van der Waals surface area contributed by atoms with Crippen molar-refractivity contribution in [1.29, 1.82) is 0 Å². The molecule has 1 aliphatic carbocycles. The van der Waals surface area contributed by atoms with Crippen LogP contribution in [0.25, 0.3) is 5.70 Å². The molecule has 0 saturated carbocycles. The van der Waals surface area contributed by atoms with Crippen LogP contribution in [0.5, 0.6) is 11.5 Å². The highest BCUT2D eigenvalue weighted by Crippen LogP contribution is 2.47. The van der Waals surface area contributed by atoms with Crippen molar-refractivity contribution in [2.75, 3.05) is 19.8 Å². The Morgan fingerprint density at radius 3 is 2.31 bits per heavy atom. The maximum absolute atomic E-state index is 13.5. The number of hydrogen-bond acceptors (Lipinski definition) is 6. The monoisotopic (exact) mass is 433 g/mol. The number of esters is 1. The van der Waals surface area contributed by atoms with Crippen molar-refractivity contribution in [2.24, 2.45) is 0 Å². The molecule has 2 aromatic rings. The maximum Gasteiger partial charge on any atom is 0.336 e. The summed E-state index contributed by atoms with van der Waals surface area (Å²) in [5.41, 5.74) is 4.63. The minimum Gasteiger partial charge on any atom is -0.490 e. The van der Waals surface area contributed by atoms with Gasteiger partial charge in [0.1, 0.15) is 0 Å². The van der Waals surface area contributed by atoms with E-state index in [1.165, 1.54) is 0 Å². The molecule has 0 aromatic heterocycles. The molecule has 0 spiro atoms. The second-order valence-corrected chi connectivity index (χ2v) is 7.55. The Morgan fingerprint density at radius 2 is 1.62 bits per heavy atom. The van der Waals surface area contributed by atoms with Crippen molar-refractivity contribution >= 4 is 17.4 Å². The van der Waals surface area contributed by atoms with Gasteiger partial charge in [-0.1, -0.05) is 30.3 Å². The number of ether oxygens (including phenoxy) is 3. The molecule has 4 rings (SSSR count). The fourth-order valence-electron chi connectivity index (χ4n) is 4.39. The standard InChI is InChI=1S/C26H27NO5/c1-5-30-19-13-12-16(14-20(19)31-6-2)22-21(26(29)32-7-3)15(4)27-24-17-10-8-9-11-18(17)25(28)23(22)24/h8-14,22,27H,5-7H2,1-4H3/t22-/m1/s1. The summed E-state index contributed by atoms with van der Waals surface area (Å²) in [6.07, 6.45) is 0. The van der Waals surface area contributed by atoms with Gasteiger partial charge in [0.2, 0.25) is 0 Å². The average molecular weight is 434 g/mol. The number of ketones is 1. The summed E-state index contributed by atoms with van der Waals surface area (Å²) < 4.78 is 16.9. The summed E-state index contributed by atoms with van der Waals surface area (Å²) in [5, 5.41) is 3.31. The van der Waals surface area contributed by atoms with Crippen LogP contribution in [0.2, 0.25) is 0 Å². The van der Waals surface area contributed by atoms with E-state index in [1.54, 1.807) is 6.92 Å². The molecule has 6 heteroatoms. The Bertz CT molecular complexity index is 1140. The molecule has 1 N–H and O–H groups in total. The van der Waals surface area contributed by atoms with Crippen LogP contribution in [0.15, 0.2) is 59.3 Å². The van der Waals surface area contributed by atoms with Gasteiger partial charge in [-0.3, -0.25) is 4.79 Å². The van der Waals surface area contributed by atoms with Gasteiger partial charge < -0.3 is 19.5 Å². The van der Waals surface area contributed by atoms with Gasteiger partial charge in [-0.2, -0.15) is 0 Å². The summed E-state index contributed by atoms with van der Waals surface area (Å²) in [5.74, 6) is 0.0935. The van der Waals surface area contributed by atoms with Gasteiger partial charge in [0.05, 0.1) is 31.1 Å². The molecule has 0 radical (unpaired) electrons. The Morgan fingerprint density at radius 1 is 0.938 bits per heavy atom. The number of rotatable bonds is 7. The van der Waals surface area contributed by atoms with Gasteiger partial charge in [-0.05, 0) is 45.4 Å². The van der Waals surface area contributed by atoms with E-state index in [4.69, 9.17) is 14.2 Å². The third-order valence-electron chi connectivity index (χ3n) is 5.64. The molecular formula is C26H27NO5. The van der Waals surface area contributed by atoms with Crippen molar-refractivity contribution in [3.63, 3.8) is 0 Å². The summed E-state index contributed by atoms with van der Waals surface area (Å²) in [6.45, 7) is 8.63. The van der Waals surface area contributed by atoms with E-state index in [9.17, 15) is 9.59 Å². The molecule has 0 fully saturated rings. The summed E-state index contributed by atoms with van der Waals surface area (Å²) in [4.78, 5) is 26.5. The number of nitrogens with one attached hydrogen (secondary N) is 1. The number of allylic oxidation sites excluding steroid dienone is 2. The number of Topliss-reactive ketones (excluding diaryl/α,β-unsaturated/α-hetero) is 1. The van der Waals surface area contributed by atoms with Crippen LogP contribution in [-0.2, 0) is 9.53 Å². The molecule has 166 valence electrons. The molecule has 1 atom stereocenters. The fourth-order valence-corrected chi connectivity index (χ4v) is 4.39. The molecular weight excluding hydrogens is 406 g/mol. The normalized spacial score (nSPS) is 17.0. The lowest BCUT2D eigenvalue weighted by Crippen LogP contribution is -2.29. The van der Waals surface area contributed by atoms with E-state index in [-0.39, 0.29) is 12.4 Å². The smallest absolute Gasteiger partial charge is 0.336 e. The highest BCUT2D eigenvalue weighted by Gasteiger charge is 2.43. The second kappa shape index (κ2) is 8.91. The Labute approximate surface area is 187 Å². The van der Waals surface area contributed by atoms with E-state index < -0.39 is 11.9 Å². The van der Waals surface area contributed by atoms with Crippen LogP contribution in [-0.4, -0.2) is 31.6 Å². The summed E-state index contributed by atoms with van der Waals surface area (Å²) in [6, 6.07) is 13.1. The van der Waals surface area contributed by atoms with E-state index >= 15 is 0 Å². The molecule has 0 saturated heterocycles. The topological polar surface area (TPSA) is 73.9 Å². The van der Waals surface area contributed by atoms with E-state index in [2.05, 4.69) is 5.32 Å². The van der Waals surface area contributed by atoms with E-state index in [0.717, 1.165) is 16.8 Å². The fraction of sp³-hybridized carbons (Fsp3) is 0.308. The molecule has 2 aliphatic rings. The van der Waals surface area contributed by atoms with Crippen molar-refractivity contribution in [2.45, 2.75) is 33.6 Å². The third kappa shape index (κ3) is 3.55. The number of dihydropyridines is 1. The Kier molecular flexibility index (Phi) is 6.04. The molecule has 0 bridgehead atoms. The first-order chi connectivity index (χ1) is 15.5. The first-order valence-corrected chi connectivity index (χ1v) is 10.9.